The van der Waals surface area contributed by atoms with Crippen molar-refractivity contribution in [1.29, 1.82) is 0 Å². The molecule has 0 fully saturated rings. The van der Waals surface area contributed by atoms with Crippen LogP contribution < -0.4 is 0 Å². The molecule has 18 heavy (non-hydrogen) atoms. The van der Waals surface area contributed by atoms with Crippen LogP contribution in [-0.2, 0) is 18.5 Å². The van der Waals surface area contributed by atoms with Crippen LogP contribution in [0.2, 0.25) is 0 Å². The lowest BCUT2D eigenvalue weighted by molar-refractivity contribution is 0.318. The Morgan fingerprint density at radius 3 is 2.67 bits per heavy atom. The van der Waals surface area contributed by atoms with Gasteiger partial charge in [0.1, 0.15) is 0 Å². The molecule has 0 unspecified atom stereocenters. The number of nitrogens with one attached hydrogen (secondary N) is 1. The molecule has 0 aliphatic rings. The van der Waals surface area contributed by atoms with Gasteiger partial charge in [-0.1, -0.05) is 26.8 Å². The summed E-state index contributed by atoms with van der Waals surface area (Å²) >= 11 is 1.80. The molecule has 0 bridgehead atoms. The minimum Gasteiger partial charge on any atom is -0.296 e. The Labute approximate surface area is 113 Å². The first kappa shape index (κ1) is 13.3. The minimum absolute atomic E-state index is 0.112. The molecule has 98 valence electrons. The van der Waals surface area contributed by atoms with Crippen LogP contribution in [0.1, 0.15) is 37.0 Å². The van der Waals surface area contributed by atoms with Crippen molar-refractivity contribution in [2.75, 3.05) is 7.05 Å². The lowest BCUT2D eigenvalue weighted by Crippen LogP contribution is -2.16. The Morgan fingerprint density at radius 1 is 1.33 bits per heavy atom. The average molecular weight is 263 g/mol. The number of aromatic amines is 1. The second-order valence-electron chi connectivity index (χ2n) is 5.78. The quantitative estimate of drug-likeness (QED) is 0.917. The molecule has 2 heterocycles. The topological polar surface area (TPSA) is 31.9 Å². The molecule has 0 aromatic carbocycles. The summed E-state index contributed by atoms with van der Waals surface area (Å²) in [6, 6.07) is 6.45. The maximum absolute atomic E-state index is 4.39. The van der Waals surface area contributed by atoms with E-state index in [1.54, 1.807) is 11.3 Å². The van der Waals surface area contributed by atoms with E-state index in [-0.39, 0.29) is 5.41 Å². The van der Waals surface area contributed by atoms with Crippen LogP contribution in [-0.4, -0.2) is 22.1 Å². The lowest BCUT2D eigenvalue weighted by atomic mass is 9.92. The number of thiophene rings is 1. The molecule has 2 aromatic heterocycles. The van der Waals surface area contributed by atoms with E-state index in [9.17, 15) is 0 Å². The number of aromatic nitrogens is 2. The van der Waals surface area contributed by atoms with Gasteiger partial charge in [0.05, 0.1) is 5.69 Å². The third kappa shape index (κ3) is 3.43. The molecule has 0 saturated carbocycles. The molecule has 0 saturated heterocycles. The molecule has 1 N–H and O–H groups in total. The summed E-state index contributed by atoms with van der Waals surface area (Å²) in [7, 11) is 2.14. The fourth-order valence-corrected chi connectivity index (χ4v) is 2.63. The molecular formula is C14H21N3S. The molecule has 2 aromatic rings. The maximum atomic E-state index is 4.39. The number of hydrogen-bond acceptors (Lipinski definition) is 3. The van der Waals surface area contributed by atoms with Gasteiger partial charge in [0, 0.05) is 29.1 Å². The zero-order valence-electron chi connectivity index (χ0n) is 11.5. The predicted molar refractivity (Wildman–Crippen MR) is 76.8 cm³/mol. The lowest BCUT2D eigenvalue weighted by Gasteiger charge is -2.15. The minimum atomic E-state index is 0.112. The first-order chi connectivity index (χ1) is 8.45. The van der Waals surface area contributed by atoms with Crippen molar-refractivity contribution in [1.82, 2.24) is 15.1 Å². The van der Waals surface area contributed by atoms with Crippen molar-refractivity contribution in [2.45, 2.75) is 39.3 Å². The highest BCUT2D eigenvalue weighted by Gasteiger charge is 2.17. The molecule has 0 atom stereocenters. The Kier molecular flexibility index (Phi) is 3.88. The van der Waals surface area contributed by atoms with Crippen molar-refractivity contribution in [2.24, 2.45) is 0 Å². The molecule has 4 heteroatoms. The zero-order chi connectivity index (χ0) is 13.2. The molecule has 0 amide bonds. The van der Waals surface area contributed by atoms with Gasteiger partial charge in [-0.15, -0.1) is 11.3 Å². The average Bonchev–Trinajstić information content (AvgIpc) is 2.87. The Morgan fingerprint density at radius 2 is 2.11 bits per heavy atom. The van der Waals surface area contributed by atoms with E-state index in [1.165, 1.54) is 10.6 Å². The van der Waals surface area contributed by atoms with E-state index < -0.39 is 0 Å². The van der Waals surface area contributed by atoms with Crippen molar-refractivity contribution < 1.29 is 0 Å². The second kappa shape index (κ2) is 5.24. The number of hydrogen-bond donors (Lipinski definition) is 1. The van der Waals surface area contributed by atoms with Crippen LogP contribution in [0.5, 0.6) is 0 Å². The van der Waals surface area contributed by atoms with Crippen LogP contribution >= 0.6 is 11.3 Å². The van der Waals surface area contributed by atoms with Gasteiger partial charge in [0.25, 0.3) is 0 Å². The molecule has 0 aliphatic heterocycles. The van der Waals surface area contributed by atoms with E-state index in [0.717, 1.165) is 18.8 Å². The Balaban J connectivity index is 1.95. The standard InChI is InChI=1S/C14H21N3S/c1-14(2,3)13-8-11(15-16-13)9-17(4)10-12-6-5-7-18-12/h5-8H,9-10H2,1-4H3,(H,15,16). The van der Waals surface area contributed by atoms with Crippen LogP contribution in [0.3, 0.4) is 0 Å². The summed E-state index contributed by atoms with van der Waals surface area (Å²) < 4.78 is 0. The molecule has 3 nitrogen and oxygen atoms in total. The van der Waals surface area contributed by atoms with Crippen molar-refractivity contribution in [3.8, 4) is 0 Å². The summed E-state index contributed by atoms with van der Waals surface area (Å²) in [6.45, 7) is 8.44. The van der Waals surface area contributed by atoms with E-state index >= 15 is 0 Å². The Bertz CT molecular complexity index is 479. The van der Waals surface area contributed by atoms with Crippen molar-refractivity contribution >= 4 is 11.3 Å². The fourth-order valence-electron chi connectivity index (χ4n) is 1.84. The SMILES string of the molecule is CN(Cc1cc(C(C)(C)C)n[nH]1)Cc1cccs1. The predicted octanol–water partition coefficient (Wildman–Crippen LogP) is 3.40. The molecular weight excluding hydrogens is 242 g/mol. The van der Waals surface area contributed by atoms with Gasteiger partial charge < -0.3 is 0 Å². The van der Waals surface area contributed by atoms with Gasteiger partial charge in [-0.3, -0.25) is 10.00 Å². The zero-order valence-corrected chi connectivity index (χ0v) is 12.3. The van der Waals surface area contributed by atoms with Gasteiger partial charge in [-0.25, -0.2) is 0 Å². The maximum Gasteiger partial charge on any atom is 0.0678 e. The number of nitrogens with zero attached hydrogens (tertiary/aromatic N) is 2. The third-order valence-corrected chi connectivity index (χ3v) is 3.71. The first-order valence-electron chi connectivity index (χ1n) is 6.21. The molecule has 0 radical (unpaired) electrons. The highest BCUT2D eigenvalue weighted by atomic mass is 32.1. The largest absolute Gasteiger partial charge is 0.296 e. The summed E-state index contributed by atoms with van der Waals surface area (Å²) in [5.74, 6) is 0. The van der Waals surface area contributed by atoms with Gasteiger partial charge in [-0.05, 0) is 24.6 Å². The second-order valence-corrected chi connectivity index (χ2v) is 6.81. The number of rotatable bonds is 4. The van der Waals surface area contributed by atoms with Crippen LogP contribution in [0.25, 0.3) is 0 Å². The highest BCUT2D eigenvalue weighted by Crippen LogP contribution is 2.21. The van der Waals surface area contributed by atoms with Gasteiger partial charge >= 0.3 is 0 Å². The van der Waals surface area contributed by atoms with E-state index in [0.29, 0.717) is 0 Å². The molecule has 0 spiro atoms. The van der Waals surface area contributed by atoms with E-state index in [2.05, 4.69) is 66.5 Å². The van der Waals surface area contributed by atoms with Gasteiger partial charge in [0.15, 0.2) is 0 Å². The molecule has 2 rings (SSSR count). The molecule has 0 aliphatic carbocycles. The van der Waals surface area contributed by atoms with Crippen molar-refractivity contribution in [3.63, 3.8) is 0 Å². The normalized spacial score (nSPS) is 12.3. The monoisotopic (exact) mass is 263 g/mol. The van der Waals surface area contributed by atoms with Gasteiger partial charge in [0.2, 0.25) is 0 Å². The number of H-pyrrole nitrogens is 1. The van der Waals surface area contributed by atoms with Crippen LogP contribution in [0, 0.1) is 0 Å². The van der Waals surface area contributed by atoms with E-state index in [1.807, 2.05) is 0 Å². The van der Waals surface area contributed by atoms with Crippen LogP contribution in [0.15, 0.2) is 23.6 Å². The first-order valence-corrected chi connectivity index (χ1v) is 7.09. The highest BCUT2D eigenvalue weighted by molar-refractivity contribution is 7.09. The van der Waals surface area contributed by atoms with Crippen LogP contribution in [0.4, 0.5) is 0 Å². The smallest absolute Gasteiger partial charge is 0.0678 e. The van der Waals surface area contributed by atoms with Gasteiger partial charge in [-0.2, -0.15) is 5.10 Å². The van der Waals surface area contributed by atoms with E-state index in [4.69, 9.17) is 0 Å². The third-order valence-electron chi connectivity index (χ3n) is 2.85. The summed E-state index contributed by atoms with van der Waals surface area (Å²) in [5, 5.41) is 9.65. The summed E-state index contributed by atoms with van der Waals surface area (Å²) in [4.78, 5) is 3.69. The fraction of sp³-hybridized carbons (Fsp3) is 0.500. The van der Waals surface area contributed by atoms with Crippen molar-refractivity contribution in [3.05, 3.63) is 39.8 Å². The Hall–Kier alpha value is -1.13. The summed E-state index contributed by atoms with van der Waals surface area (Å²) in [5.41, 5.74) is 2.42. The summed E-state index contributed by atoms with van der Waals surface area (Å²) in [6.07, 6.45) is 0.